The number of benzene rings is 1. The minimum atomic E-state index is -0.0763. The zero-order valence-corrected chi connectivity index (χ0v) is 15.4. The lowest BCUT2D eigenvalue weighted by Crippen LogP contribution is -2.35. The van der Waals surface area contributed by atoms with E-state index in [-0.39, 0.29) is 11.7 Å². The highest BCUT2D eigenvalue weighted by Gasteiger charge is 2.11. The van der Waals surface area contributed by atoms with E-state index in [4.69, 9.17) is 16.3 Å². The van der Waals surface area contributed by atoms with Crippen molar-refractivity contribution in [3.05, 3.63) is 53.2 Å². The first-order valence-electron chi connectivity index (χ1n) is 8.13. The van der Waals surface area contributed by atoms with Crippen LogP contribution in [0.15, 0.2) is 47.6 Å². The molecule has 1 saturated heterocycles. The molecule has 0 aliphatic carbocycles. The molecule has 5 nitrogen and oxygen atoms in total. The SMILES string of the molecule is O=C(CSc1ncccc1Cl)Nc1ccc(CN2CCOCC2)cc1. The van der Waals surface area contributed by atoms with Gasteiger partial charge in [0.1, 0.15) is 5.03 Å². The van der Waals surface area contributed by atoms with Gasteiger partial charge in [-0.15, -0.1) is 0 Å². The second-order valence-corrected chi connectivity index (χ2v) is 7.08. The molecule has 1 aromatic heterocycles. The fourth-order valence-electron chi connectivity index (χ4n) is 2.52. The Kier molecular flexibility index (Phi) is 6.69. The summed E-state index contributed by atoms with van der Waals surface area (Å²) < 4.78 is 5.36. The average Bonchev–Trinajstić information content (AvgIpc) is 2.64. The van der Waals surface area contributed by atoms with E-state index in [2.05, 4.69) is 15.2 Å². The van der Waals surface area contributed by atoms with E-state index in [1.807, 2.05) is 24.3 Å². The van der Waals surface area contributed by atoms with E-state index in [1.54, 1.807) is 18.3 Å². The Morgan fingerprint density at radius 2 is 2.00 bits per heavy atom. The molecule has 0 bridgehead atoms. The Balaban J connectivity index is 1.47. The van der Waals surface area contributed by atoms with Gasteiger partial charge in [-0.3, -0.25) is 9.69 Å². The fraction of sp³-hybridized carbons (Fsp3) is 0.333. The molecule has 1 fully saturated rings. The Bertz CT molecular complexity index is 706. The van der Waals surface area contributed by atoms with Gasteiger partial charge in [0.2, 0.25) is 5.91 Å². The first kappa shape index (κ1) is 18.2. The zero-order chi connectivity index (χ0) is 17.5. The largest absolute Gasteiger partial charge is 0.379 e. The summed E-state index contributed by atoms with van der Waals surface area (Å²) in [6.07, 6.45) is 1.67. The van der Waals surface area contributed by atoms with Gasteiger partial charge < -0.3 is 10.1 Å². The van der Waals surface area contributed by atoms with E-state index in [0.717, 1.165) is 38.5 Å². The van der Waals surface area contributed by atoms with E-state index < -0.39 is 0 Å². The summed E-state index contributed by atoms with van der Waals surface area (Å²) in [6.45, 7) is 4.43. The molecular formula is C18H20ClN3O2S. The topological polar surface area (TPSA) is 54.5 Å². The van der Waals surface area contributed by atoms with Crippen LogP contribution in [0.1, 0.15) is 5.56 Å². The Labute approximate surface area is 156 Å². The summed E-state index contributed by atoms with van der Waals surface area (Å²) in [5, 5.41) is 4.13. The van der Waals surface area contributed by atoms with E-state index in [9.17, 15) is 4.79 Å². The minimum absolute atomic E-state index is 0.0763. The molecule has 1 aliphatic rings. The number of anilines is 1. The van der Waals surface area contributed by atoms with Gasteiger partial charge in [-0.2, -0.15) is 0 Å². The second-order valence-electron chi connectivity index (χ2n) is 5.71. The van der Waals surface area contributed by atoms with Gasteiger partial charge in [-0.1, -0.05) is 35.5 Å². The molecule has 2 heterocycles. The third-order valence-electron chi connectivity index (χ3n) is 3.81. The lowest BCUT2D eigenvalue weighted by Gasteiger charge is -2.26. The van der Waals surface area contributed by atoms with E-state index in [1.165, 1.54) is 17.3 Å². The number of morpholine rings is 1. The maximum atomic E-state index is 12.1. The normalized spacial score (nSPS) is 15.1. The Morgan fingerprint density at radius 3 is 2.72 bits per heavy atom. The number of rotatable bonds is 6. The number of halogens is 1. The van der Waals surface area contributed by atoms with Crippen molar-refractivity contribution in [2.24, 2.45) is 0 Å². The Morgan fingerprint density at radius 1 is 1.24 bits per heavy atom. The molecule has 0 saturated carbocycles. The monoisotopic (exact) mass is 377 g/mol. The molecule has 0 spiro atoms. The minimum Gasteiger partial charge on any atom is -0.379 e. The van der Waals surface area contributed by atoms with Crippen molar-refractivity contribution in [1.82, 2.24) is 9.88 Å². The van der Waals surface area contributed by atoms with Gasteiger partial charge in [0.25, 0.3) is 0 Å². The van der Waals surface area contributed by atoms with Crippen LogP contribution >= 0.6 is 23.4 Å². The molecule has 3 rings (SSSR count). The zero-order valence-electron chi connectivity index (χ0n) is 13.8. The lowest BCUT2D eigenvalue weighted by molar-refractivity contribution is -0.113. The van der Waals surface area contributed by atoms with Crippen LogP contribution in [0.2, 0.25) is 5.02 Å². The van der Waals surface area contributed by atoms with Crippen molar-refractivity contribution in [3.63, 3.8) is 0 Å². The summed E-state index contributed by atoms with van der Waals surface area (Å²) in [7, 11) is 0. The number of amides is 1. The van der Waals surface area contributed by atoms with Gasteiger partial charge in [0.05, 0.1) is 24.0 Å². The number of ether oxygens (including phenoxy) is 1. The maximum absolute atomic E-state index is 12.1. The first-order valence-corrected chi connectivity index (χ1v) is 9.49. The molecule has 1 aromatic carbocycles. The lowest BCUT2D eigenvalue weighted by atomic mass is 10.2. The third kappa shape index (κ3) is 5.71. The van der Waals surface area contributed by atoms with Gasteiger partial charge in [0.15, 0.2) is 0 Å². The van der Waals surface area contributed by atoms with Crippen LogP contribution in [-0.4, -0.2) is 47.8 Å². The first-order chi connectivity index (χ1) is 12.2. The third-order valence-corrected chi connectivity index (χ3v) is 5.23. The number of thioether (sulfide) groups is 1. The number of carbonyl (C=O) groups is 1. The summed E-state index contributed by atoms with van der Waals surface area (Å²) in [5.74, 6) is 0.194. The predicted molar refractivity (Wildman–Crippen MR) is 101 cm³/mol. The highest BCUT2D eigenvalue weighted by atomic mass is 35.5. The standard InChI is InChI=1S/C18H20ClN3O2S/c19-16-2-1-7-20-18(16)25-13-17(23)21-15-5-3-14(4-6-15)12-22-8-10-24-11-9-22/h1-7H,8-13H2,(H,21,23). The molecule has 0 radical (unpaired) electrons. The molecule has 132 valence electrons. The molecule has 7 heteroatoms. The van der Waals surface area contributed by atoms with Crippen LogP contribution in [-0.2, 0) is 16.1 Å². The van der Waals surface area contributed by atoms with Crippen molar-refractivity contribution < 1.29 is 9.53 Å². The summed E-state index contributed by atoms with van der Waals surface area (Å²) in [5.41, 5.74) is 2.03. The van der Waals surface area contributed by atoms with Gasteiger partial charge in [0, 0.05) is 31.5 Å². The van der Waals surface area contributed by atoms with Crippen LogP contribution in [0.3, 0.4) is 0 Å². The summed E-state index contributed by atoms with van der Waals surface area (Å²) in [6, 6.07) is 11.5. The van der Waals surface area contributed by atoms with Crippen molar-refractivity contribution in [2.45, 2.75) is 11.6 Å². The highest BCUT2D eigenvalue weighted by molar-refractivity contribution is 8.00. The number of hydrogen-bond donors (Lipinski definition) is 1. The van der Waals surface area contributed by atoms with Crippen LogP contribution in [0.5, 0.6) is 0 Å². The molecule has 1 N–H and O–H groups in total. The number of nitrogens with one attached hydrogen (secondary N) is 1. The molecule has 1 amide bonds. The van der Waals surface area contributed by atoms with Crippen molar-refractivity contribution >= 4 is 35.0 Å². The summed E-state index contributed by atoms with van der Waals surface area (Å²) >= 11 is 7.37. The summed E-state index contributed by atoms with van der Waals surface area (Å²) in [4.78, 5) is 18.6. The number of pyridine rings is 1. The number of carbonyl (C=O) groups excluding carboxylic acids is 1. The van der Waals surface area contributed by atoms with E-state index >= 15 is 0 Å². The van der Waals surface area contributed by atoms with Crippen LogP contribution in [0.4, 0.5) is 5.69 Å². The van der Waals surface area contributed by atoms with Gasteiger partial charge in [-0.05, 0) is 29.8 Å². The number of nitrogens with zero attached hydrogens (tertiary/aromatic N) is 2. The molecule has 1 aliphatic heterocycles. The van der Waals surface area contributed by atoms with Gasteiger partial charge in [-0.25, -0.2) is 4.98 Å². The van der Waals surface area contributed by atoms with Crippen molar-refractivity contribution in [1.29, 1.82) is 0 Å². The molecular weight excluding hydrogens is 358 g/mol. The molecule has 25 heavy (non-hydrogen) atoms. The average molecular weight is 378 g/mol. The fourth-order valence-corrected chi connectivity index (χ4v) is 3.49. The predicted octanol–water partition coefficient (Wildman–Crippen LogP) is 3.30. The van der Waals surface area contributed by atoms with Crippen molar-refractivity contribution in [3.8, 4) is 0 Å². The smallest absolute Gasteiger partial charge is 0.234 e. The quantitative estimate of drug-likeness (QED) is 0.783. The second kappa shape index (κ2) is 9.20. The van der Waals surface area contributed by atoms with E-state index in [0.29, 0.717) is 10.0 Å². The highest BCUT2D eigenvalue weighted by Crippen LogP contribution is 2.24. The van der Waals surface area contributed by atoms with Crippen LogP contribution in [0, 0.1) is 0 Å². The van der Waals surface area contributed by atoms with Crippen LogP contribution < -0.4 is 5.32 Å². The Hall–Kier alpha value is -1.60. The maximum Gasteiger partial charge on any atom is 0.234 e. The molecule has 2 aromatic rings. The van der Waals surface area contributed by atoms with Crippen LogP contribution in [0.25, 0.3) is 0 Å². The molecule has 0 unspecified atom stereocenters. The van der Waals surface area contributed by atoms with Crippen molar-refractivity contribution in [2.75, 3.05) is 37.4 Å². The molecule has 0 atom stereocenters. The number of hydrogen-bond acceptors (Lipinski definition) is 5. The van der Waals surface area contributed by atoms with Gasteiger partial charge >= 0.3 is 0 Å². The number of aromatic nitrogens is 1.